The van der Waals surface area contributed by atoms with Crippen molar-refractivity contribution in [2.45, 2.75) is 19.7 Å². The highest BCUT2D eigenvalue weighted by Gasteiger charge is 2.38. The summed E-state index contributed by atoms with van der Waals surface area (Å²) in [6.45, 7) is 1.57. The van der Waals surface area contributed by atoms with E-state index in [-0.39, 0.29) is 18.1 Å². The largest absolute Gasteiger partial charge is 0.471 e. The predicted molar refractivity (Wildman–Crippen MR) is 111 cm³/mol. The molecule has 1 aromatic carbocycles. The second kappa shape index (κ2) is 9.07. The van der Waals surface area contributed by atoms with Crippen LogP contribution in [-0.2, 0) is 17.5 Å². The van der Waals surface area contributed by atoms with E-state index < -0.39 is 18.2 Å². The van der Waals surface area contributed by atoms with Crippen molar-refractivity contribution in [3.63, 3.8) is 0 Å². The molecule has 0 saturated carbocycles. The molecule has 4 aromatic rings. The van der Waals surface area contributed by atoms with E-state index in [4.69, 9.17) is 4.74 Å². The number of halogens is 3. The van der Waals surface area contributed by atoms with Crippen LogP contribution in [0.4, 0.5) is 23.7 Å². The van der Waals surface area contributed by atoms with Gasteiger partial charge in [0.25, 0.3) is 0 Å². The molecule has 3 heterocycles. The van der Waals surface area contributed by atoms with Crippen LogP contribution >= 0.6 is 0 Å². The molecule has 1 amide bonds. The lowest BCUT2D eigenvalue weighted by Gasteiger charge is -2.10. The van der Waals surface area contributed by atoms with Crippen molar-refractivity contribution < 1.29 is 27.2 Å². The number of rotatable bonds is 5. The Morgan fingerprint density at radius 1 is 1.03 bits per heavy atom. The summed E-state index contributed by atoms with van der Waals surface area (Å²) in [5, 5.41) is 5.82. The van der Waals surface area contributed by atoms with E-state index in [1.165, 1.54) is 12.1 Å². The molecule has 0 radical (unpaired) electrons. The van der Waals surface area contributed by atoms with Crippen molar-refractivity contribution in [1.29, 1.82) is 0 Å². The summed E-state index contributed by atoms with van der Waals surface area (Å²) in [6, 6.07) is 16.1. The number of pyridine rings is 2. The fourth-order valence-corrected chi connectivity index (χ4v) is 2.84. The highest BCUT2D eigenvalue weighted by atomic mass is 19.4. The van der Waals surface area contributed by atoms with Crippen LogP contribution in [0.15, 0.2) is 65.3 Å². The Bertz CT molecular complexity index is 1260. The molecule has 0 bridgehead atoms. The maximum atomic E-state index is 12.6. The SMILES string of the molecule is Cc1nc(-c2noc(C(F)(F)F)n2)ccc1NC(=O)OCc1ccc(-c2ccccc2)nc1. The molecule has 168 valence electrons. The van der Waals surface area contributed by atoms with E-state index in [1.807, 2.05) is 42.5 Å². The van der Waals surface area contributed by atoms with Gasteiger partial charge in [-0.2, -0.15) is 18.2 Å². The van der Waals surface area contributed by atoms with E-state index in [0.29, 0.717) is 16.9 Å². The average molecular weight is 455 g/mol. The molecule has 11 heteroatoms. The number of hydrogen-bond acceptors (Lipinski definition) is 7. The topological polar surface area (TPSA) is 103 Å². The molecular weight excluding hydrogens is 439 g/mol. The molecule has 1 N–H and O–H groups in total. The third-order valence-corrected chi connectivity index (χ3v) is 4.48. The van der Waals surface area contributed by atoms with Crippen LogP contribution in [-0.4, -0.2) is 26.2 Å². The maximum absolute atomic E-state index is 12.6. The highest BCUT2D eigenvalue weighted by Crippen LogP contribution is 2.29. The molecule has 0 aliphatic rings. The summed E-state index contributed by atoms with van der Waals surface area (Å²) in [5.74, 6) is -1.78. The van der Waals surface area contributed by atoms with Gasteiger partial charge in [0.05, 0.1) is 17.1 Å². The molecule has 0 saturated heterocycles. The lowest BCUT2D eigenvalue weighted by molar-refractivity contribution is -0.159. The zero-order valence-electron chi connectivity index (χ0n) is 17.1. The van der Waals surface area contributed by atoms with Gasteiger partial charge in [0, 0.05) is 17.3 Å². The number of aryl methyl sites for hydroxylation is 1. The molecule has 0 aliphatic carbocycles. The molecule has 4 rings (SSSR count). The van der Waals surface area contributed by atoms with Gasteiger partial charge in [0.1, 0.15) is 12.3 Å². The lowest BCUT2D eigenvalue weighted by Crippen LogP contribution is -2.15. The minimum absolute atomic E-state index is 0.00153. The highest BCUT2D eigenvalue weighted by molar-refractivity contribution is 5.85. The zero-order valence-corrected chi connectivity index (χ0v) is 17.1. The molecule has 8 nitrogen and oxygen atoms in total. The van der Waals surface area contributed by atoms with Crippen LogP contribution in [0.25, 0.3) is 22.8 Å². The molecular formula is C22H16F3N5O3. The molecule has 33 heavy (non-hydrogen) atoms. The van der Waals surface area contributed by atoms with Crippen molar-refractivity contribution >= 4 is 11.8 Å². The first kappa shape index (κ1) is 21.9. The number of nitrogens with one attached hydrogen (secondary N) is 1. The summed E-state index contributed by atoms with van der Waals surface area (Å²) in [5.41, 5.74) is 3.19. The third kappa shape index (κ3) is 5.32. The first-order chi connectivity index (χ1) is 15.8. The molecule has 0 fully saturated rings. The standard InChI is InChI=1S/C22H16F3N5O3/c1-13-16(9-10-18(27-13)19-29-20(33-30-19)22(23,24)25)28-21(31)32-12-14-7-8-17(26-11-14)15-5-3-2-4-6-15/h2-11H,12H2,1H3,(H,28,31). The fraction of sp³-hybridized carbons (Fsp3) is 0.136. The lowest BCUT2D eigenvalue weighted by atomic mass is 10.1. The van der Waals surface area contributed by atoms with Gasteiger partial charge >= 0.3 is 18.2 Å². The van der Waals surface area contributed by atoms with E-state index in [2.05, 4.69) is 29.9 Å². The number of carbonyl (C=O) groups excluding carboxylic acids is 1. The number of hydrogen-bond donors (Lipinski definition) is 1. The number of carbonyl (C=O) groups is 1. The molecule has 0 atom stereocenters. The van der Waals surface area contributed by atoms with Crippen LogP contribution in [0.1, 0.15) is 17.1 Å². The van der Waals surface area contributed by atoms with Crippen LogP contribution in [0.5, 0.6) is 0 Å². The Morgan fingerprint density at radius 2 is 1.79 bits per heavy atom. The van der Waals surface area contributed by atoms with Crippen LogP contribution < -0.4 is 5.32 Å². The molecule has 3 aromatic heterocycles. The maximum Gasteiger partial charge on any atom is 0.471 e. The van der Waals surface area contributed by atoms with Crippen LogP contribution in [0.2, 0.25) is 0 Å². The predicted octanol–water partition coefficient (Wildman–Crippen LogP) is 5.27. The summed E-state index contributed by atoms with van der Waals surface area (Å²) >= 11 is 0. The number of benzene rings is 1. The number of ether oxygens (including phenoxy) is 1. The number of aromatic nitrogens is 4. The average Bonchev–Trinajstić information content (AvgIpc) is 3.31. The van der Waals surface area contributed by atoms with Crippen molar-refractivity contribution in [2.75, 3.05) is 5.32 Å². The Balaban J connectivity index is 1.35. The minimum Gasteiger partial charge on any atom is -0.444 e. The second-order valence-corrected chi connectivity index (χ2v) is 6.87. The van der Waals surface area contributed by atoms with Crippen molar-refractivity contribution in [3.05, 3.63) is 77.9 Å². The minimum atomic E-state index is -4.75. The summed E-state index contributed by atoms with van der Waals surface area (Å²) < 4.78 is 47.3. The van der Waals surface area contributed by atoms with Gasteiger partial charge in [-0.15, -0.1) is 0 Å². The Morgan fingerprint density at radius 3 is 2.42 bits per heavy atom. The van der Waals surface area contributed by atoms with Gasteiger partial charge in [-0.05, 0) is 25.1 Å². The number of amides is 1. The summed E-state index contributed by atoms with van der Waals surface area (Å²) in [7, 11) is 0. The van der Waals surface area contributed by atoms with Gasteiger partial charge in [-0.1, -0.05) is 41.6 Å². The normalized spacial score (nSPS) is 11.3. The van der Waals surface area contributed by atoms with E-state index >= 15 is 0 Å². The van der Waals surface area contributed by atoms with Crippen LogP contribution in [0.3, 0.4) is 0 Å². The number of alkyl halides is 3. The summed E-state index contributed by atoms with van der Waals surface area (Å²) in [4.78, 5) is 23.9. The summed E-state index contributed by atoms with van der Waals surface area (Å²) in [6.07, 6.45) is -3.85. The van der Waals surface area contributed by atoms with Gasteiger partial charge in [-0.3, -0.25) is 10.3 Å². The first-order valence-electron chi connectivity index (χ1n) is 9.62. The second-order valence-electron chi connectivity index (χ2n) is 6.87. The third-order valence-electron chi connectivity index (χ3n) is 4.48. The van der Waals surface area contributed by atoms with Crippen LogP contribution in [0, 0.1) is 6.92 Å². The Hall–Kier alpha value is -4.28. The van der Waals surface area contributed by atoms with Gasteiger partial charge in [0.2, 0.25) is 5.82 Å². The van der Waals surface area contributed by atoms with Crippen molar-refractivity contribution in [1.82, 2.24) is 20.1 Å². The fourth-order valence-electron chi connectivity index (χ4n) is 2.84. The van der Waals surface area contributed by atoms with Gasteiger partial charge < -0.3 is 9.26 Å². The van der Waals surface area contributed by atoms with Gasteiger partial charge in [0.15, 0.2) is 0 Å². The van der Waals surface area contributed by atoms with E-state index in [1.54, 1.807) is 13.1 Å². The smallest absolute Gasteiger partial charge is 0.444 e. The molecule has 0 aliphatic heterocycles. The first-order valence-corrected chi connectivity index (χ1v) is 9.62. The van der Waals surface area contributed by atoms with E-state index in [9.17, 15) is 18.0 Å². The van der Waals surface area contributed by atoms with Crippen molar-refractivity contribution in [2.24, 2.45) is 0 Å². The Labute approximate surface area is 185 Å². The quantitative estimate of drug-likeness (QED) is 0.437. The number of nitrogens with zero attached hydrogens (tertiary/aromatic N) is 4. The molecule has 0 spiro atoms. The van der Waals surface area contributed by atoms with Gasteiger partial charge in [-0.25, -0.2) is 9.78 Å². The monoisotopic (exact) mass is 455 g/mol. The number of anilines is 1. The zero-order chi connectivity index (χ0) is 23.4. The molecule has 0 unspecified atom stereocenters. The Kier molecular flexibility index (Phi) is 6.03. The van der Waals surface area contributed by atoms with Crippen molar-refractivity contribution in [3.8, 4) is 22.8 Å². The van der Waals surface area contributed by atoms with E-state index in [0.717, 1.165) is 11.3 Å².